The molecule has 0 saturated carbocycles. The summed E-state index contributed by atoms with van der Waals surface area (Å²) in [6.07, 6.45) is 1.62. The van der Waals surface area contributed by atoms with Gasteiger partial charge in [0.1, 0.15) is 0 Å². The smallest absolute Gasteiger partial charge is 0.208 e. The Kier molecular flexibility index (Phi) is 2.94. The van der Waals surface area contributed by atoms with Crippen molar-refractivity contribution in [2.45, 2.75) is 19.9 Å². The minimum absolute atomic E-state index is 0.0556. The average molecular weight is 184 g/mol. The Labute approximate surface area is 75.6 Å². The first-order chi connectivity index (χ1) is 5.63. The second-order valence-electron chi connectivity index (χ2n) is 2.97. The average Bonchev–Trinajstić information content (AvgIpc) is 2.53. The summed E-state index contributed by atoms with van der Waals surface area (Å²) in [6, 6.07) is -0.420. The third-order valence-electron chi connectivity index (χ3n) is 1.66. The SMILES string of the molecule is CC(C)C(N)C(=O)c1nccs1. The number of aromatic nitrogens is 1. The van der Waals surface area contributed by atoms with Gasteiger partial charge in [0.15, 0.2) is 5.01 Å². The molecule has 0 aliphatic heterocycles. The number of nitrogens with two attached hydrogens (primary N) is 1. The largest absolute Gasteiger partial charge is 0.321 e. The summed E-state index contributed by atoms with van der Waals surface area (Å²) in [5, 5.41) is 2.29. The summed E-state index contributed by atoms with van der Waals surface area (Å²) >= 11 is 1.34. The van der Waals surface area contributed by atoms with Crippen molar-refractivity contribution >= 4 is 17.1 Å². The zero-order valence-corrected chi connectivity index (χ0v) is 7.97. The normalized spacial score (nSPS) is 13.3. The van der Waals surface area contributed by atoms with Gasteiger partial charge in [0, 0.05) is 11.6 Å². The molecule has 0 saturated heterocycles. The fourth-order valence-electron chi connectivity index (χ4n) is 0.790. The zero-order chi connectivity index (χ0) is 9.14. The fraction of sp³-hybridized carbons (Fsp3) is 0.500. The first-order valence-corrected chi connectivity index (χ1v) is 4.70. The van der Waals surface area contributed by atoms with E-state index in [2.05, 4.69) is 4.98 Å². The maximum Gasteiger partial charge on any atom is 0.208 e. The highest BCUT2D eigenvalue weighted by molar-refractivity contribution is 7.11. The molecule has 1 heterocycles. The van der Waals surface area contributed by atoms with Crippen molar-refractivity contribution < 1.29 is 4.79 Å². The van der Waals surface area contributed by atoms with Crippen molar-refractivity contribution in [3.05, 3.63) is 16.6 Å². The van der Waals surface area contributed by atoms with E-state index in [1.165, 1.54) is 11.3 Å². The van der Waals surface area contributed by atoms with Gasteiger partial charge in [-0.2, -0.15) is 0 Å². The number of thiazole rings is 1. The predicted octanol–water partition coefficient (Wildman–Crippen LogP) is 1.31. The van der Waals surface area contributed by atoms with Gasteiger partial charge in [0.05, 0.1) is 6.04 Å². The molecule has 66 valence electrons. The molecule has 0 spiro atoms. The lowest BCUT2D eigenvalue weighted by Gasteiger charge is -2.11. The first-order valence-electron chi connectivity index (χ1n) is 3.82. The Morgan fingerprint density at radius 2 is 2.33 bits per heavy atom. The van der Waals surface area contributed by atoms with E-state index in [4.69, 9.17) is 5.73 Å². The molecule has 0 amide bonds. The molecule has 2 N–H and O–H groups in total. The Bertz CT molecular complexity index is 256. The van der Waals surface area contributed by atoms with Gasteiger partial charge in [-0.05, 0) is 5.92 Å². The molecule has 1 unspecified atom stereocenters. The van der Waals surface area contributed by atoms with Crippen LogP contribution in [0.25, 0.3) is 0 Å². The van der Waals surface area contributed by atoms with Crippen LogP contribution in [0.15, 0.2) is 11.6 Å². The minimum Gasteiger partial charge on any atom is -0.321 e. The molecule has 0 aliphatic carbocycles. The molecule has 1 aromatic heterocycles. The Balaban J connectivity index is 2.72. The summed E-state index contributed by atoms with van der Waals surface area (Å²) in [5.41, 5.74) is 5.67. The molecule has 0 radical (unpaired) electrons. The maximum atomic E-state index is 11.5. The molecule has 12 heavy (non-hydrogen) atoms. The third kappa shape index (κ3) is 1.89. The van der Waals surface area contributed by atoms with Gasteiger partial charge in [-0.15, -0.1) is 11.3 Å². The lowest BCUT2D eigenvalue weighted by Crippen LogP contribution is -2.35. The van der Waals surface area contributed by atoms with Gasteiger partial charge in [-0.25, -0.2) is 4.98 Å². The number of hydrogen-bond donors (Lipinski definition) is 1. The van der Waals surface area contributed by atoms with E-state index in [1.807, 2.05) is 13.8 Å². The third-order valence-corrected chi connectivity index (χ3v) is 2.45. The van der Waals surface area contributed by atoms with Gasteiger partial charge in [0.25, 0.3) is 0 Å². The lowest BCUT2D eigenvalue weighted by molar-refractivity contribution is 0.0940. The highest BCUT2D eigenvalue weighted by Crippen LogP contribution is 2.10. The molecule has 3 nitrogen and oxygen atoms in total. The van der Waals surface area contributed by atoms with Crippen LogP contribution < -0.4 is 5.73 Å². The number of rotatable bonds is 3. The molecular weight excluding hydrogens is 172 g/mol. The summed E-state index contributed by atoms with van der Waals surface area (Å²) < 4.78 is 0. The van der Waals surface area contributed by atoms with Gasteiger partial charge in [-0.3, -0.25) is 4.79 Å². The van der Waals surface area contributed by atoms with Crippen LogP contribution in [0.4, 0.5) is 0 Å². The minimum atomic E-state index is -0.420. The van der Waals surface area contributed by atoms with E-state index in [-0.39, 0.29) is 11.7 Å². The fourth-order valence-corrected chi connectivity index (χ4v) is 1.42. The highest BCUT2D eigenvalue weighted by Gasteiger charge is 2.20. The summed E-state index contributed by atoms with van der Waals surface area (Å²) in [4.78, 5) is 15.4. The van der Waals surface area contributed by atoms with Crippen LogP contribution in [0, 0.1) is 5.92 Å². The van der Waals surface area contributed by atoms with Crippen molar-refractivity contribution in [1.29, 1.82) is 0 Å². The molecule has 0 fully saturated rings. The van der Waals surface area contributed by atoms with E-state index in [9.17, 15) is 4.79 Å². The summed E-state index contributed by atoms with van der Waals surface area (Å²) in [5.74, 6) is 0.112. The topological polar surface area (TPSA) is 56.0 Å². The van der Waals surface area contributed by atoms with Crippen LogP contribution in [-0.4, -0.2) is 16.8 Å². The molecule has 1 aromatic rings. The molecule has 0 bridgehead atoms. The van der Waals surface area contributed by atoms with E-state index in [1.54, 1.807) is 11.6 Å². The number of hydrogen-bond acceptors (Lipinski definition) is 4. The molecule has 0 aromatic carbocycles. The van der Waals surface area contributed by atoms with Gasteiger partial charge < -0.3 is 5.73 Å². The molecule has 1 rings (SSSR count). The van der Waals surface area contributed by atoms with Crippen LogP contribution in [0.5, 0.6) is 0 Å². The number of ketones is 1. The Hall–Kier alpha value is -0.740. The van der Waals surface area contributed by atoms with Crippen molar-refractivity contribution in [3.8, 4) is 0 Å². The standard InChI is InChI=1S/C8H12N2OS/c1-5(2)6(9)7(11)8-10-3-4-12-8/h3-6H,9H2,1-2H3. The Morgan fingerprint density at radius 1 is 1.67 bits per heavy atom. The van der Waals surface area contributed by atoms with Crippen molar-refractivity contribution in [2.75, 3.05) is 0 Å². The zero-order valence-electron chi connectivity index (χ0n) is 7.15. The highest BCUT2D eigenvalue weighted by atomic mass is 32.1. The molecular formula is C8H12N2OS. The maximum absolute atomic E-state index is 11.5. The Morgan fingerprint density at radius 3 is 2.75 bits per heavy atom. The number of carbonyl (C=O) groups is 1. The van der Waals surface area contributed by atoms with Crippen LogP contribution in [0.3, 0.4) is 0 Å². The van der Waals surface area contributed by atoms with Crippen LogP contribution in [0.2, 0.25) is 0 Å². The van der Waals surface area contributed by atoms with Crippen molar-refractivity contribution in [2.24, 2.45) is 11.7 Å². The first kappa shape index (κ1) is 9.35. The quantitative estimate of drug-likeness (QED) is 0.720. The monoisotopic (exact) mass is 184 g/mol. The van der Waals surface area contributed by atoms with Crippen LogP contribution >= 0.6 is 11.3 Å². The van der Waals surface area contributed by atoms with Crippen molar-refractivity contribution in [3.63, 3.8) is 0 Å². The number of Topliss-reactive ketones (excluding diaryl/α,β-unsaturated/α-hetero) is 1. The van der Waals surface area contributed by atoms with Gasteiger partial charge in [-0.1, -0.05) is 13.8 Å². The molecule has 0 aliphatic rings. The van der Waals surface area contributed by atoms with Crippen molar-refractivity contribution in [1.82, 2.24) is 4.98 Å². The number of nitrogens with zero attached hydrogens (tertiary/aromatic N) is 1. The molecule has 4 heteroatoms. The van der Waals surface area contributed by atoms with Gasteiger partial charge in [0.2, 0.25) is 5.78 Å². The van der Waals surface area contributed by atoms with Crippen LogP contribution in [0.1, 0.15) is 23.6 Å². The van der Waals surface area contributed by atoms with E-state index >= 15 is 0 Å². The van der Waals surface area contributed by atoms with Crippen LogP contribution in [-0.2, 0) is 0 Å². The molecule has 1 atom stereocenters. The van der Waals surface area contributed by atoms with E-state index in [0.29, 0.717) is 5.01 Å². The summed E-state index contributed by atoms with van der Waals surface area (Å²) in [7, 11) is 0. The van der Waals surface area contributed by atoms with E-state index in [0.717, 1.165) is 0 Å². The number of carbonyl (C=O) groups excluding carboxylic acids is 1. The summed E-state index contributed by atoms with van der Waals surface area (Å²) in [6.45, 7) is 3.85. The predicted molar refractivity (Wildman–Crippen MR) is 49.3 cm³/mol. The second-order valence-corrected chi connectivity index (χ2v) is 3.87. The second kappa shape index (κ2) is 3.78. The van der Waals surface area contributed by atoms with E-state index < -0.39 is 6.04 Å². The van der Waals surface area contributed by atoms with Gasteiger partial charge >= 0.3 is 0 Å². The lowest BCUT2D eigenvalue weighted by atomic mass is 10.0.